The van der Waals surface area contributed by atoms with E-state index in [9.17, 15) is 4.79 Å². The molecule has 0 saturated carbocycles. The number of aromatic amines is 1. The monoisotopic (exact) mass is 218 g/mol. The second kappa shape index (κ2) is 4.30. The van der Waals surface area contributed by atoms with Crippen LogP contribution in [0.1, 0.15) is 25.2 Å². The third-order valence-corrected chi connectivity index (χ3v) is 2.44. The number of aromatic nitrogens is 4. The molecule has 2 rings (SSSR count). The van der Waals surface area contributed by atoms with E-state index in [1.54, 1.807) is 4.68 Å². The Hall–Kier alpha value is -1.91. The van der Waals surface area contributed by atoms with Gasteiger partial charge in [0.05, 0.1) is 12.0 Å². The standard InChI is InChI=1S/C11H14N4O/c1-3-8-5-9(4-2)15(14-8)10-6-11(16)13-7-12-10/h5-7H,3-4H2,1-2H3,(H,12,13,16). The number of aryl methyl sites for hydroxylation is 2. The van der Waals surface area contributed by atoms with Gasteiger partial charge in [-0.2, -0.15) is 5.10 Å². The average Bonchev–Trinajstić information content (AvgIpc) is 2.72. The first kappa shape index (κ1) is 10.6. The molecule has 0 atom stereocenters. The molecule has 0 fully saturated rings. The summed E-state index contributed by atoms with van der Waals surface area (Å²) in [5, 5.41) is 4.41. The van der Waals surface area contributed by atoms with E-state index in [2.05, 4.69) is 28.9 Å². The first-order valence-electron chi connectivity index (χ1n) is 5.37. The molecule has 5 nitrogen and oxygen atoms in total. The maximum absolute atomic E-state index is 11.2. The summed E-state index contributed by atoms with van der Waals surface area (Å²) < 4.78 is 1.73. The molecule has 0 saturated heterocycles. The molecule has 0 aromatic carbocycles. The van der Waals surface area contributed by atoms with Gasteiger partial charge in [0.1, 0.15) is 0 Å². The van der Waals surface area contributed by atoms with Gasteiger partial charge in [-0.15, -0.1) is 0 Å². The molecule has 0 bridgehead atoms. The van der Waals surface area contributed by atoms with Crippen LogP contribution in [0.25, 0.3) is 5.82 Å². The zero-order chi connectivity index (χ0) is 11.5. The quantitative estimate of drug-likeness (QED) is 0.838. The fraction of sp³-hybridized carbons (Fsp3) is 0.364. The molecule has 0 amide bonds. The average molecular weight is 218 g/mol. The molecule has 0 unspecified atom stereocenters. The Morgan fingerprint density at radius 1 is 1.31 bits per heavy atom. The molecule has 2 aromatic heterocycles. The molecule has 0 aliphatic heterocycles. The highest BCUT2D eigenvalue weighted by Crippen LogP contribution is 2.10. The third kappa shape index (κ3) is 1.88. The summed E-state index contributed by atoms with van der Waals surface area (Å²) >= 11 is 0. The summed E-state index contributed by atoms with van der Waals surface area (Å²) in [5.41, 5.74) is 1.91. The molecule has 16 heavy (non-hydrogen) atoms. The van der Waals surface area contributed by atoms with Crippen LogP contribution in [0.5, 0.6) is 0 Å². The maximum atomic E-state index is 11.2. The molecule has 0 radical (unpaired) electrons. The Kier molecular flexibility index (Phi) is 2.85. The molecular weight excluding hydrogens is 204 g/mol. The Balaban J connectivity index is 2.54. The number of H-pyrrole nitrogens is 1. The third-order valence-electron chi connectivity index (χ3n) is 2.44. The van der Waals surface area contributed by atoms with Crippen LogP contribution in [0, 0.1) is 0 Å². The molecular formula is C11H14N4O. The van der Waals surface area contributed by atoms with Gasteiger partial charge in [-0.25, -0.2) is 9.67 Å². The molecule has 0 spiro atoms. The van der Waals surface area contributed by atoms with Crippen LogP contribution in [0.4, 0.5) is 0 Å². The minimum atomic E-state index is -0.166. The highest BCUT2D eigenvalue weighted by atomic mass is 16.1. The van der Waals surface area contributed by atoms with Gasteiger partial charge in [0.2, 0.25) is 0 Å². The van der Waals surface area contributed by atoms with Gasteiger partial charge < -0.3 is 4.98 Å². The fourth-order valence-electron chi connectivity index (χ4n) is 1.57. The van der Waals surface area contributed by atoms with Crippen molar-refractivity contribution in [1.29, 1.82) is 0 Å². The van der Waals surface area contributed by atoms with E-state index in [1.807, 2.05) is 6.07 Å². The van der Waals surface area contributed by atoms with Crippen LogP contribution in [0.2, 0.25) is 0 Å². The lowest BCUT2D eigenvalue weighted by molar-refractivity contribution is 0.766. The van der Waals surface area contributed by atoms with E-state index >= 15 is 0 Å². The number of hydrogen-bond acceptors (Lipinski definition) is 3. The SMILES string of the molecule is CCc1cc(CC)n(-c2cc(=O)[nH]cn2)n1. The topological polar surface area (TPSA) is 63.6 Å². The van der Waals surface area contributed by atoms with Crippen LogP contribution in [0.3, 0.4) is 0 Å². The van der Waals surface area contributed by atoms with Gasteiger partial charge in [-0.05, 0) is 18.9 Å². The Morgan fingerprint density at radius 2 is 2.12 bits per heavy atom. The van der Waals surface area contributed by atoms with Gasteiger partial charge in [0.25, 0.3) is 5.56 Å². The van der Waals surface area contributed by atoms with Crippen molar-refractivity contribution in [2.45, 2.75) is 26.7 Å². The normalized spacial score (nSPS) is 10.6. The van der Waals surface area contributed by atoms with E-state index in [4.69, 9.17) is 0 Å². The highest BCUT2D eigenvalue weighted by Gasteiger charge is 2.08. The lowest BCUT2D eigenvalue weighted by Crippen LogP contribution is -2.11. The van der Waals surface area contributed by atoms with Crippen LogP contribution >= 0.6 is 0 Å². The molecule has 2 aromatic rings. The van der Waals surface area contributed by atoms with Gasteiger partial charge in [0, 0.05) is 11.8 Å². The zero-order valence-electron chi connectivity index (χ0n) is 9.40. The van der Waals surface area contributed by atoms with Crippen molar-refractivity contribution in [3.05, 3.63) is 40.2 Å². The lowest BCUT2D eigenvalue weighted by Gasteiger charge is -2.02. The summed E-state index contributed by atoms with van der Waals surface area (Å²) in [5.74, 6) is 0.570. The molecule has 0 aliphatic rings. The largest absolute Gasteiger partial charge is 0.313 e. The molecule has 84 valence electrons. The first-order valence-corrected chi connectivity index (χ1v) is 5.37. The van der Waals surface area contributed by atoms with Gasteiger partial charge in [-0.3, -0.25) is 4.79 Å². The van der Waals surface area contributed by atoms with E-state index in [0.29, 0.717) is 5.82 Å². The summed E-state index contributed by atoms with van der Waals surface area (Å²) in [6.45, 7) is 4.11. The van der Waals surface area contributed by atoms with Crippen LogP contribution < -0.4 is 5.56 Å². The van der Waals surface area contributed by atoms with Crippen molar-refractivity contribution in [2.24, 2.45) is 0 Å². The lowest BCUT2D eigenvalue weighted by atomic mass is 10.2. The van der Waals surface area contributed by atoms with E-state index < -0.39 is 0 Å². The predicted molar refractivity (Wildman–Crippen MR) is 60.7 cm³/mol. The Labute approximate surface area is 93.2 Å². The van der Waals surface area contributed by atoms with Crippen molar-refractivity contribution >= 4 is 0 Å². The smallest absolute Gasteiger partial charge is 0.252 e. The van der Waals surface area contributed by atoms with Crippen molar-refractivity contribution in [1.82, 2.24) is 19.7 Å². The first-order chi connectivity index (χ1) is 7.74. The molecule has 2 heterocycles. The van der Waals surface area contributed by atoms with Crippen molar-refractivity contribution in [3.63, 3.8) is 0 Å². The number of hydrogen-bond donors (Lipinski definition) is 1. The highest BCUT2D eigenvalue weighted by molar-refractivity contribution is 5.24. The summed E-state index contributed by atoms with van der Waals surface area (Å²) in [7, 11) is 0. The van der Waals surface area contributed by atoms with Gasteiger partial charge in [0.15, 0.2) is 5.82 Å². The predicted octanol–water partition coefficient (Wildman–Crippen LogP) is 1.08. The van der Waals surface area contributed by atoms with Crippen LogP contribution in [0.15, 0.2) is 23.3 Å². The number of nitrogens with zero attached hydrogens (tertiary/aromatic N) is 3. The maximum Gasteiger partial charge on any atom is 0.252 e. The van der Waals surface area contributed by atoms with Crippen LogP contribution in [-0.2, 0) is 12.8 Å². The van der Waals surface area contributed by atoms with Crippen LogP contribution in [-0.4, -0.2) is 19.7 Å². The number of rotatable bonds is 3. The minimum absolute atomic E-state index is 0.166. The second-order valence-corrected chi connectivity index (χ2v) is 3.52. The van der Waals surface area contributed by atoms with E-state index in [0.717, 1.165) is 24.2 Å². The van der Waals surface area contributed by atoms with Gasteiger partial charge >= 0.3 is 0 Å². The molecule has 0 aliphatic carbocycles. The molecule has 5 heteroatoms. The van der Waals surface area contributed by atoms with Gasteiger partial charge in [-0.1, -0.05) is 13.8 Å². The molecule has 1 N–H and O–H groups in total. The fourth-order valence-corrected chi connectivity index (χ4v) is 1.57. The minimum Gasteiger partial charge on any atom is -0.313 e. The van der Waals surface area contributed by atoms with E-state index in [1.165, 1.54) is 12.4 Å². The zero-order valence-corrected chi connectivity index (χ0v) is 9.40. The Morgan fingerprint density at radius 3 is 2.75 bits per heavy atom. The van der Waals surface area contributed by atoms with Crippen molar-refractivity contribution in [3.8, 4) is 5.82 Å². The summed E-state index contributed by atoms with van der Waals surface area (Å²) in [6, 6.07) is 3.49. The number of nitrogens with one attached hydrogen (secondary N) is 1. The summed E-state index contributed by atoms with van der Waals surface area (Å²) in [6.07, 6.45) is 3.13. The Bertz CT molecular complexity index is 541. The summed E-state index contributed by atoms with van der Waals surface area (Å²) in [4.78, 5) is 17.8. The van der Waals surface area contributed by atoms with E-state index in [-0.39, 0.29) is 5.56 Å². The van der Waals surface area contributed by atoms with Crippen molar-refractivity contribution < 1.29 is 0 Å². The van der Waals surface area contributed by atoms with Crippen molar-refractivity contribution in [2.75, 3.05) is 0 Å². The second-order valence-electron chi connectivity index (χ2n) is 3.52.